The predicted molar refractivity (Wildman–Crippen MR) is 95.3 cm³/mol. The Kier molecular flexibility index (Phi) is 4.76. The van der Waals surface area contributed by atoms with Crippen LogP contribution in [0.5, 0.6) is 5.75 Å². The number of carboxylic acids is 1. The Morgan fingerprint density at radius 1 is 1.31 bits per heavy atom. The third-order valence-electron chi connectivity index (χ3n) is 5.35. The third-order valence-corrected chi connectivity index (χ3v) is 5.35. The van der Waals surface area contributed by atoms with Crippen LogP contribution >= 0.6 is 0 Å². The van der Waals surface area contributed by atoms with Gasteiger partial charge in [-0.2, -0.15) is 0 Å². The van der Waals surface area contributed by atoms with Crippen LogP contribution in [0.3, 0.4) is 0 Å². The van der Waals surface area contributed by atoms with E-state index >= 15 is 0 Å². The van der Waals surface area contributed by atoms with Crippen molar-refractivity contribution in [3.63, 3.8) is 0 Å². The van der Waals surface area contributed by atoms with Crippen molar-refractivity contribution < 1.29 is 24.2 Å². The molecule has 3 N–H and O–H groups in total. The Morgan fingerprint density at radius 2 is 2.08 bits per heavy atom. The van der Waals surface area contributed by atoms with E-state index in [2.05, 4.69) is 10.6 Å². The zero-order chi connectivity index (χ0) is 18.9. The summed E-state index contributed by atoms with van der Waals surface area (Å²) in [5.41, 5.74) is 0.138. The second kappa shape index (κ2) is 6.86. The Bertz CT molecular complexity index is 750. The largest absolute Gasteiger partial charge is 0.495 e. The number of fused-ring (bicyclic) bond motifs is 1. The number of nitrogens with zero attached hydrogens (tertiary/aromatic N) is 1. The van der Waals surface area contributed by atoms with Gasteiger partial charge in [-0.25, -0.2) is 4.79 Å². The highest BCUT2D eigenvalue weighted by Gasteiger charge is 2.55. The number of likely N-dealkylation sites (tertiary alicyclic amines) is 1. The van der Waals surface area contributed by atoms with Crippen LogP contribution in [0.2, 0.25) is 0 Å². The smallest absolute Gasteiger partial charge is 0.321 e. The highest BCUT2D eigenvalue weighted by molar-refractivity contribution is 5.94. The van der Waals surface area contributed by atoms with E-state index in [-0.39, 0.29) is 24.4 Å². The van der Waals surface area contributed by atoms with Crippen molar-refractivity contribution in [3.8, 4) is 5.75 Å². The van der Waals surface area contributed by atoms with Crippen molar-refractivity contribution in [2.75, 3.05) is 30.8 Å². The van der Waals surface area contributed by atoms with Gasteiger partial charge in [-0.05, 0) is 37.0 Å². The number of carboxylic acid groups (broad SMARTS) is 1. The van der Waals surface area contributed by atoms with Crippen LogP contribution < -0.4 is 15.4 Å². The number of rotatable bonds is 4. The van der Waals surface area contributed by atoms with Crippen molar-refractivity contribution in [2.45, 2.75) is 26.2 Å². The van der Waals surface area contributed by atoms with E-state index in [0.29, 0.717) is 30.1 Å². The number of methoxy groups -OCH3 is 1. The fourth-order valence-corrected chi connectivity index (χ4v) is 4.07. The number of ether oxygens (including phenoxy) is 1. The molecule has 1 aliphatic carbocycles. The number of urea groups is 1. The van der Waals surface area contributed by atoms with E-state index in [9.17, 15) is 19.5 Å². The van der Waals surface area contributed by atoms with Crippen LogP contribution in [0.1, 0.15) is 26.2 Å². The molecule has 1 saturated heterocycles. The molecule has 8 heteroatoms. The Hall–Kier alpha value is -2.77. The second-order valence-corrected chi connectivity index (χ2v) is 6.96. The first-order chi connectivity index (χ1) is 12.4. The molecule has 0 bridgehead atoms. The second-order valence-electron chi connectivity index (χ2n) is 6.96. The van der Waals surface area contributed by atoms with Crippen LogP contribution in [0.4, 0.5) is 16.2 Å². The fraction of sp³-hybridized carbons (Fsp3) is 0.500. The molecule has 0 aromatic heterocycles. The van der Waals surface area contributed by atoms with E-state index in [4.69, 9.17) is 4.74 Å². The lowest BCUT2D eigenvalue weighted by Crippen LogP contribution is -2.38. The average molecular weight is 361 g/mol. The van der Waals surface area contributed by atoms with Crippen molar-refractivity contribution in [2.24, 2.45) is 11.3 Å². The molecule has 2 fully saturated rings. The van der Waals surface area contributed by atoms with Crippen molar-refractivity contribution in [1.29, 1.82) is 0 Å². The maximum absolute atomic E-state index is 12.7. The summed E-state index contributed by atoms with van der Waals surface area (Å²) in [6.07, 6.45) is 2.33. The van der Waals surface area contributed by atoms with Gasteiger partial charge in [0, 0.05) is 25.7 Å². The summed E-state index contributed by atoms with van der Waals surface area (Å²) in [7, 11) is 1.49. The molecule has 0 unspecified atom stereocenters. The molecule has 3 rings (SSSR count). The summed E-state index contributed by atoms with van der Waals surface area (Å²) >= 11 is 0. The zero-order valence-corrected chi connectivity index (χ0v) is 14.9. The highest BCUT2D eigenvalue weighted by Crippen LogP contribution is 2.49. The molecule has 1 aliphatic heterocycles. The lowest BCUT2D eigenvalue weighted by molar-refractivity contribution is -0.149. The summed E-state index contributed by atoms with van der Waals surface area (Å²) in [4.78, 5) is 37.2. The summed E-state index contributed by atoms with van der Waals surface area (Å²) in [6, 6.07) is 4.58. The lowest BCUT2D eigenvalue weighted by Gasteiger charge is -2.23. The molecule has 26 heavy (non-hydrogen) atoms. The summed E-state index contributed by atoms with van der Waals surface area (Å²) in [5.74, 6) is -0.582. The maximum atomic E-state index is 12.7. The molecule has 0 radical (unpaired) electrons. The first kappa shape index (κ1) is 18.0. The Balaban J connectivity index is 1.76. The van der Waals surface area contributed by atoms with Crippen molar-refractivity contribution >= 4 is 29.3 Å². The van der Waals surface area contributed by atoms with E-state index in [1.165, 1.54) is 14.0 Å². The van der Waals surface area contributed by atoms with E-state index < -0.39 is 11.4 Å². The molecule has 2 atom stereocenters. The van der Waals surface area contributed by atoms with Crippen LogP contribution in [-0.4, -0.2) is 48.1 Å². The molecular weight excluding hydrogens is 338 g/mol. The molecule has 1 aromatic carbocycles. The molecule has 140 valence electrons. The van der Waals surface area contributed by atoms with Gasteiger partial charge in [0.25, 0.3) is 0 Å². The summed E-state index contributed by atoms with van der Waals surface area (Å²) in [5, 5.41) is 15.1. The van der Waals surface area contributed by atoms with Gasteiger partial charge in [0.05, 0.1) is 18.2 Å². The third kappa shape index (κ3) is 3.18. The summed E-state index contributed by atoms with van der Waals surface area (Å²) in [6.45, 7) is 2.05. The quantitative estimate of drug-likeness (QED) is 0.763. The minimum Gasteiger partial charge on any atom is -0.495 e. The predicted octanol–water partition coefficient (Wildman–Crippen LogP) is 2.37. The van der Waals surface area contributed by atoms with Crippen LogP contribution in [-0.2, 0) is 9.59 Å². The first-order valence-electron chi connectivity index (χ1n) is 8.60. The normalized spacial score (nSPS) is 24.1. The monoisotopic (exact) mass is 361 g/mol. The van der Waals surface area contributed by atoms with Gasteiger partial charge in [0.1, 0.15) is 5.75 Å². The fourth-order valence-electron chi connectivity index (χ4n) is 4.07. The maximum Gasteiger partial charge on any atom is 0.321 e. The molecule has 1 heterocycles. The average Bonchev–Trinajstić information content (AvgIpc) is 3.12. The van der Waals surface area contributed by atoms with E-state index in [0.717, 1.165) is 12.8 Å². The number of anilines is 2. The highest BCUT2D eigenvalue weighted by atomic mass is 16.5. The standard InChI is InChI=1S/C18H23N3O5/c1-11(22)19-13-5-6-15(26-2)14(8-13)20-17(25)21-9-12-4-3-7-18(12,10-21)16(23)24/h5-6,8,12H,3-4,7,9-10H2,1-2H3,(H,19,22)(H,20,25)(H,23,24)/t12-,18+/m0/s1. The lowest BCUT2D eigenvalue weighted by atomic mass is 9.81. The Labute approximate surface area is 151 Å². The van der Waals surface area contributed by atoms with E-state index in [1.54, 1.807) is 23.1 Å². The topological polar surface area (TPSA) is 108 Å². The SMILES string of the molecule is COc1ccc(NC(C)=O)cc1NC(=O)N1C[C@@H]2CCC[C@@]2(C(=O)O)C1. The number of hydrogen-bond acceptors (Lipinski definition) is 4. The molecule has 8 nitrogen and oxygen atoms in total. The Morgan fingerprint density at radius 3 is 2.69 bits per heavy atom. The summed E-state index contributed by atoms with van der Waals surface area (Å²) < 4.78 is 5.26. The number of hydrogen-bond donors (Lipinski definition) is 3. The van der Waals surface area contributed by atoms with Crippen LogP contribution in [0.25, 0.3) is 0 Å². The number of aliphatic carboxylic acids is 1. The van der Waals surface area contributed by atoms with Crippen molar-refractivity contribution in [3.05, 3.63) is 18.2 Å². The molecule has 3 amide bonds. The number of amides is 3. The van der Waals surface area contributed by atoms with Crippen LogP contribution in [0, 0.1) is 11.3 Å². The van der Waals surface area contributed by atoms with Gasteiger partial charge in [-0.15, -0.1) is 0 Å². The number of carbonyl (C=O) groups is 3. The zero-order valence-electron chi connectivity index (χ0n) is 14.9. The molecule has 1 saturated carbocycles. The molecule has 2 aliphatic rings. The number of carbonyl (C=O) groups excluding carboxylic acids is 2. The van der Waals surface area contributed by atoms with Gasteiger partial charge in [-0.3, -0.25) is 9.59 Å². The minimum atomic E-state index is -0.820. The number of benzene rings is 1. The van der Waals surface area contributed by atoms with Gasteiger partial charge < -0.3 is 25.4 Å². The van der Waals surface area contributed by atoms with Gasteiger partial charge in [-0.1, -0.05) is 6.42 Å². The molecular formula is C18H23N3O5. The minimum absolute atomic E-state index is 0.00152. The van der Waals surface area contributed by atoms with Gasteiger partial charge in [0.15, 0.2) is 0 Å². The molecule has 0 spiro atoms. The van der Waals surface area contributed by atoms with Crippen LogP contribution in [0.15, 0.2) is 18.2 Å². The van der Waals surface area contributed by atoms with Gasteiger partial charge >= 0.3 is 12.0 Å². The van der Waals surface area contributed by atoms with E-state index in [1.807, 2.05) is 0 Å². The van der Waals surface area contributed by atoms with Gasteiger partial charge in [0.2, 0.25) is 5.91 Å². The number of nitrogens with one attached hydrogen (secondary N) is 2. The first-order valence-corrected chi connectivity index (χ1v) is 8.60. The molecule has 1 aromatic rings. The van der Waals surface area contributed by atoms with Crippen molar-refractivity contribution in [1.82, 2.24) is 4.90 Å².